The SMILES string of the molecule is S=C(Nc1cccnc1)N1CCCN(Cc2ccc(Cl)cc2Cl)CC1. The summed E-state index contributed by atoms with van der Waals surface area (Å²) in [7, 11) is 0. The first-order valence-corrected chi connectivity index (χ1v) is 9.40. The number of halogens is 2. The molecule has 0 saturated carbocycles. The Morgan fingerprint density at radius 2 is 2.04 bits per heavy atom. The summed E-state index contributed by atoms with van der Waals surface area (Å²) in [5, 5.41) is 5.40. The number of thiocarbonyl (C=S) groups is 1. The lowest BCUT2D eigenvalue weighted by Crippen LogP contribution is -2.37. The monoisotopic (exact) mass is 394 g/mol. The van der Waals surface area contributed by atoms with Gasteiger partial charge in [-0.25, -0.2) is 0 Å². The predicted molar refractivity (Wildman–Crippen MR) is 108 cm³/mol. The number of nitrogens with one attached hydrogen (secondary N) is 1. The van der Waals surface area contributed by atoms with E-state index in [0.29, 0.717) is 5.02 Å². The summed E-state index contributed by atoms with van der Waals surface area (Å²) in [5.41, 5.74) is 2.03. The van der Waals surface area contributed by atoms with Crippen LogP contribution in [0.25, 0.3) is 0 Å². The van der Waals surface area contributed by atoms with E-state index in [0.717, 1.165) is 60.5 Å². The van der Waals surface area contributed by atoms with Gasteiger partial charge < -0.3 is 10.2 Å². The molecule has 0 amide bonds. The van der Waals surface area contributed by atoms with Crippen LogP contribution in [0.2, 0.25) is 10.0 Å². The molecule has 0 atom stereocenters. The van der Waals surface area contributed by atoms with E-state index >= 15 is 0 Å². The maximum absolute atomic E-state index is 6.30. The molecule has 0 unspecified atom stereocenters. The van der Waals surface area contributed by atoms with Crippen LogP contribution in [0.15, 0.2) is 42.7 Å². The average Bonchev–Trinajstić information content (AvgIpc) is 2.84. The van der Waals surface area contributed by atoms with E-state index in [-0.39, 0.29) is 0 Å². The molecule has 4 nitrogen and oxygen atoms in total. The topological polar surface area (TPSA) is 31.4 Å². The third-order valence-corrected chi connectivity index (χ3v) is 5.14. The summed E-state index contributed by atoms with van der Waals surface area (Å²) >= 11 is 17.8. The normalized spacial score (nSPS) is 15.7. The second-order valence-corrected chi connectivity index (χ2v) is 7.25. The van der Waals surface area contributed by atoms with Crippen LogP contribution in [-0.2, 0) is 6.54 Å². The van der Waals surface area contributed by atoms with Crippen molar-refractivity contribution in [3.8, 4) is 0 Å². The zero-order valence-electron chi connectivity index (χ0n) is 13.8. The van der Waals surface area contributed by atoms with Crippen LogP contribution >= 0.6 is 35.4 Å². The molecule has 1 saturated heterocycles. The number of rotatable bonds is 3. The number of nitrogens with zero attached hydrogens (tertiary/aromatic N) is 3. The Kier molecular flexibility index (Phi) is 6.48. The Morgan fingerprint density at radius 3 is 2.80 bits per heavy atom. The van der Waals surface area contributed by atoms with Crippen molar-refractivity contribution in [3.63, 3.8) is 0 Å². The van der Waals surface area contributed by atoms with Crippen LogP contribution in [0.3, 0.4) is 0 Å². The maximum Gasteiger partial charge on any atom is 0.173 e. The second-order valence-electron chi connectivity index (χ2n) is 6.02. The Bertz CT molecular complexity index is 726. The van der Waals surface area contributed by atoms with Crippen LogP contribution in [0, 0.1) is 0 Å². The Labute approximate surface area is 163 Å². The minimum Gasteiger partial charge on any atom is -0.348 e. The summed E-state index contributed by atoms with van der Waals surface area (Å²) < 4.78 is 0. The summed E-state index contributed by atoms with van der Waals surface area (Å²) in [4.78, 5) is 8.72. The highest BCUT2D eigenvalue weighted by Crippen LogP contribution is 2.22. The molecule has 0 spiro atoms. The largest absolute Gasteiger partial charge is 0.348 e. The molecule has 7 heteroatoms. The molecule has 1 aromatic heterocycles. The molecule has 1 aromatic carbocycles. The molecule has 25 heavy (non-hydrogen) atoms. The molecule has 2 aromatic rings. The first-order chi connectivity index (χ1) is 12.1. The number of benzene rings is 1. The molecule has 132 valence electrons. The van der Waals surface area contributed by atoms with Gasteiger partial charge in [-0.2, -0.15) is 0 Å². The Balaban J connectivity index is 1.56. The van der Waals surface area contributed by atoms with Crippen molar-refractivity contribution in [3.05, 3.63) is 58.3 Å². The first kappa shape index (κ1) is 18.4. The van der Waals surface area contributed by atoms with E-state index in [2.05, 4.69) is 20.1 Å². The zero-order valence-corrected chi connectivity index (χ0v) is 16.1. The highest BCUT2D eigenvalue weighted by molar-refractivity contribution is 7.80. The quantitative estimate of drug-likeness (QED) is 0.784. The van der Waals surface area contributed by atoms with Gasteiger partial charge in [0.15, 0.2) is 5.11 Å². The molecular weight excluding hydrogens is 375 g/mol. The number of anilines is 1. The number of pyridine rings is 1. The maximum atomic E-state index is 6.30. The Hall–Kier alpha value is -1.40. The third kappa shape index (κ3) is 5.28. The van der Waals surface area contributed by atoms with Crippen LogP contribution in [0.4, 0.5) is 5.69 Å². The van der Waals surface area contributed by atoms with E-state index in [1.54, 1.807) is 18.5 Å². The van der Waals surface area contributed by atoms with Gasteiger partial charge in [0.2, 0.25) is 0 Å². The second kappa shape index (κ2) is 8.81. The summed E-state index contributed by atoms with van der Waals surface area (Å²) in [6.45, 7) is 4.61. The van der Waals surface area contributed by atoms with Gasteiger partial charge in [-0.15, -0.1) is 0 Å². The smallest absolute Gasteiger partial charge is 0.173 e. The number of hydrogen-bond acceptors (Lipinski definition) is 3. The average molecular weight is 395 g/mol. The number of aromatic nitrogens is 1. The fourth-order valence-corrected chi connectivity index (χ4v) is 3.63. The fraction of sp³-hybridized carbons (Fsp3) is 0.333. The van der Waals surface area contributed by atoms with Gasteiger partial charge in [0.1, 0.15) is 0 Å². The van der Waals surface area contributed by atoms with E-state index in [1.165, 1.54) is 0 Å². The van der Waals surface area contributed by atoms with Crippen molar-refractivity contribution >= 4 is 46.2 Å². The van der Waals surface area contributed by atoms with Gasteiger partial charge in [-0.05, 0) is 48.5 Å². The lowest BCUT2D eigenvalue weighted by molar-refractivity contribution is 0.278. The lowest BCUT2D eigenvalue weighted by atomic mass is 10.2. The minimum atomic E-state index is 0.669. The van der Waals surface area contributed by atoms with Crippen LogP contribution in [0.1, 0.15) is 12.0 Å². The van der Waals surface area contributed by atoms with Gasteiger partial charge in [-0.1, -0.05) is 29.3 Å². The van der Waals surface area contributed by atoms with Gasteiger partial charge in [0.25, 0.3) is 0 Å². The standard InChI is InChI=1S/C18H20Cl2N4S/c19-15-5-4-14(17(20)11-15)13-23-7-2-8-24(10-9-23)18(25)22-16-3-1-6-21-12-16/h1,3-6,11-12H,2,7-10,13H2,(H,22,25). The van der Waals surface area contributed by atoms with Crippen LogP contribution < -0.4 is 5.32 Å². The zero-order chi connectivity index (χ0) is 17.6. The molecule has 1 N–H and O–H groups in total. The molecule has 3 rings (SSSR count). The number of hydrogen-bond donors (Lipinski definition) is 1. The predicted octanol–water partition coefficient (Wildman–Crippen LogP) is 4.29. The van der Waals surface area contributed by atoms with Crippen molar-refractivity contribution in [2.45, 2.75) is 13.0 Å². The lowest BCUT2D eigenvalue weighted by Gasteiger charge is -2.24. The van der Waals surface area contributed by atoms with Gasteiger partial charge in [0.05, 0.1) is 11.9 Å². The molecule has 2 heterocycles. The van der Waals surface area contributed by atoms with E-state index in [4.69, 9.17) is 35.4 Å². The molecule has 0 aliphatic carbocycles. The molecule has 1 aliphatic heterocycles. The molecular formula is C18H20Cl2N4S. The summed E-state index contributed by atoms with van der Waals surface area (Å²) in [6.07, 6.45) is 4.58. The Morgan fingerprint density at radius 1 is 1.16 bits per heavy atom. The van der Waals surface area contributed by atoms with Gasteiger partial charge in [-0.3, -0.25) is 9.88 Å². The van der Waals surface area contributed by atoms with Crippen molar-refractivity contribution in [2.75, 3.05) is 31.5 Å². The van der Waals surface area contributed by atoms with Crippen molar-refractivity contribution < 1.29 is 0 Å². The molecule has 1 fully saturated rings. The highest BCUT2D eigenvalue weighted by Gasteiger charge is 2.18. The van der Waals surface area contributed by atoms with E-state index < -0.39 is 0 Å². The first-order valence-electron chi connectivity index (χ1n) is 8.24. The van der Waals surface area contributed by atoms with Gasteiger partial charge in [0, 0.05) is 49.0 Å². The van der Waals surface area contributed by atoms with E-state index in [1.807, 2.05) is 24.3 Å². The fourth-order valence-electron chi connectivity index (χ4n) is 2.86. The third-order valence-electron chi connectivity index (χ3n) is 4.20. The summed E-state index contributed by atoms with van der Waals surface area (Å²) in [5.74, 6) is 0. The van der Waals surface area contributed by atoms with E-state index in [9.17, 15) is 0 Å². The molecule has 0 bridgehead atoms. The highest BCUT2D eigenvalue weighted by atomic mass is 35.5. The van der Waals surface area contributed by atoms with Gasteiger partial charge >= 0.3 is 0 Å². The summed E-state index contributed by atoms with van der Waals surface area (Å²) in [6, 6.07) is 9.55. The molecule has 1 aliphatic rings. The van der Waals surface area contributed by atoms with Crippen LogP contribution in [0.5, 0.6) is 0 Å². The van der Waals surface area contributed by atoms with Crippen molar-refractivity contribution in [2.24, 2.45) is 0 Å². The van der Waals surface area contributed by atoms with Crippen LogP contribution in [-0.4, -0.2) is 46.1 Å². The van der Waals surface area contributed by atoms with Crippen molar-refractivity contribution in [1.82, 2.24) is 14.8 Å². The minimum absolute atomic E-state index is 0.669. The van der Waals surface area contributed by atoms with Crippen molar-refractivity contribution in [1.29, 1.82) is 0 Å². The molecule has 0 radical (unpaired) electrons.